The van der Waals surface area contributed by atoms with E-state index in [2.05, 4.69) is 29.0 Å². The van der Waals surface area contributed by atoms with Gasteiger partial charge in [-0.05, 0) is 30.7 Å². The fraction of sp³-hybridized carbons (Fsp3) is 0.133. The van der Waals surface area contributed by atoms with Crippen molar-refractivity contribution in [3.63, 3.8) is 0 Å². The summed E-state index contributed by atoms with van der Waals surface area (Å²) >= 11 is 0. The number of aromatic amines is 1. The summed E-state index contributed by atoms with van der Waals surface area (Å²) in [6.45, 7) is 2.08. The Morgan fingerprint density at radius 2 is 1.89 bits per heavy atom. The minimum absolute atomic E-state index is 0.870. The lowest BCUT2D eigenvalue weighted by Crippen LogP contribution is -1.83. The smallest absolute Gasteiger partial charge is 0.118 e. The van der Waals surface area contributed by atoms with Gasteiger partial charge in [-0.15, -0.1) is 0 Å². The van der Waals surface area contributed by atoms with Crippen molar-refractivity contribution in [3.8, 4) is 16.9 Å². The number of fused-ring (bicyclic) bond motifs is 1. The van der Waals surface area contributed by atoms with E-state index in [1.165, 1.54) is 11.1 Å². The highest BCUT2D eigenvalue weighted by atomic mass is 16.5. The molecule has 0 saturated carbocycles. The number of rotatable bonds is 2. The first-order chi connectivity index (χ1) is 8.79. The molecule has 0 spiro atoms. The standard InChI is InChI=1S/C15H14N2O/c1-10-15(11-3-5-12(18-2)6-4-11)13-9-16-8-7-14(13)17-10/h3-9,17H,1-2H3. The lowest BCUT2D eigenvalue weighted by Gasteiger charge is -2.04. The minimum atomic E-state index is 0.870. The van der Waals surface area contributed by atoms with E-state index in [9.17, 15) is 0 Å². The highest BCUT2D eigenvalue weighted by Crippen LogP contribution is 2.32. The van der Waals surface area contributed by atoms with Crippen LogP contribution in [0, 0.1) is 6.92 Å². The van der Waals surface area contributed by atoms with Crippen molar-refractivity contribution in [2.45, 2.75) is 6.92 Å². The van der Waals surface area contributed by atoms with Crippen molar-refractivity contribution >= 4 is 10.9 Å². The van der Waals surface area contributed by atoms with Gasteiger partial charge in [0, 0.05) is 34.6 Å². The Bertz CT molecular complexity index is 683. The second kappa shape index (κ2) is 4.18. The largest absolute Gasteiger partial charge is 0.497 e. The molecule has 0 radical (unpaired) electrons. The van der Waals surface area contributed by atoms with E-state index >= 15 is 0 Å². The number of methoxy groups -OCH3 is 1. The lowest BCUT2D eigenvalue weighted by molar-refractivity contribution is 0.415. The monoisotopic (exact) mass is 238 g/mol. The number of nitrogens with zero attached hydrogens (tertiary/aromatic N) is 1. The zero-order chi connectivity index (χ0) is 12.5. The van der Waals surface area contributed by atoms with Crippen molar-refractivity contribution < 1.29 is 4.74 Å². The molecule has 0 atom stereocenters. The maximum Gasteiger partial charge on any atom is 0.118 e. The molecule has 0 amide bonds. The Hall–Kier alpha value is -2.29. The van der Waals surface area contributed by atoms with Crippen LogP contribution in [0.25, 0.3) is 22.0 Å². The predicted octanol–water partition coefficient (Wildman–Crippen LogP) is 3.55. The van der Waals surface area contributed by atoms with Gasteiger partial charge < -0.3 is 9.72 Å². The van der Waals surface area contributed by atoms with Gasteiger partial charge in [-0.3, -0.25) is 4.98 Å². The second-order valence-corrected chi connectivity index (χ2v) is 4.27. The number of H-pyrrole nitrogens is 1. The van der Waals surface area contributed by atoms with Gasteiger partial charge in [-0.1, -0.05) is 12.1 Å². The SMILES string of the molecule is COc1ccc(-c2c(C)[nH]c3ccncc23)cc1. The molecule has 0 aliphatic heterocycles. The number of nitrogens with one attached hydrogen (secondary N) is 1. The second-order valence-electron chi connectivity index (χ2n) is 4.27. The number of hydrogen-bond donors (Lipinski definition) is 1. The third-order valence-corrected chi connectivity index (χ3v) is 3.17. The van der Waals surface area contributed by atoms with Crippen LogP contribution in [0.3, 0.4) is 0 Å². The molecule has 3 heteroatoms. The zero-order valence-electron chi connectivity index (χ0n) is 10.4. The summed E-state index contributed by atoms with van der Waals surface area (Å²) in [5.74, 6) is 0.870. The van der Waals surface area contributed by atoms with Gasteiger partial charge in [0.1, 0.15) is 5.75 Å². The molecule has 0 unspecified atom stereocenters. The van der Waals surface area contributed by atoms with Crippen molar-refractivity contribution in [2.24, 2.45) is 0 Å². The van der Waals surface area contributed by atoms with Crippen LogP contribution in [0.1, 0.15) is 5.69 Å². The zero-order valence-corrected chi connectivity index (χ0v) is 10.4. The molecule has 18 heavy (non-hydrogen) atoms. The van der Waals surface area contributed by atoms with E-state index in [0.29, 0.717) is 0 Å². The van der Waals surface area contributed by atoms with E-state index in [0.717, 1.165) is 22.3 Å². The van der Waals surface area contributed by atoms with Crippen molar-refractivity contribution in [1.82, 2.24) is 9.97 Å². The fourth-order valence-corrected chi connectivity index (χ4v) is 2.30. The van der Waals surface area contributed by atoms with Gasteiger partial charge in [0.25, 0.3) is 0 Å². The minimum Gasteiger partial charge on any atom is -0.497 e. The van der Waals surface area contributed by atoms with Crippen molar-refractivity contribution in [3.05, 3.63) is 48.4 Å². The first-order valence-electron chi connectivity index (χ1n) is 5.86. The van der Waals surface area contributed by atoms with Crippen molar-refractivity contribution in [1.29, 1.82) is 0 Å². The van der Waals surface area contributed by atoms with Gasteiger partial charge >= 0.3 is 0 Å². The molecule has 2 aromatic heterocycles. The summed E-state index contributed by atoms with van der Waals surface area (Å²) in [5, 5.41) is 1.15. The van der Waals surface area contributed by atoms with Crippen LogP contribution in [0.5, 0.6) is 5.75 Å². The van der Waals surface area contributed by atoms with Crippen LogP contribution in [0.15, 0.2) is 42.7 Å². The average Bonchev–Trinajstić information content (AvgIpc) is 2.75. The van der Waals surface area contributed by atoms with E-state index in [-0.39, 0.29) is 0 Å². The number of hydrogen-bond acceptors (Lipinski definition) is 2. The Morgan fingerprint density at radius 1 is 1.11 bits per heavy atom. The van der Waals surface area contributed by atoms with E-state index < -0.39 is 0 Å². The van der Waals surface area contributed by atoms with Gasteiger partial charge in [0.2, 0.25) is 0 Å². The van der Waals surface area contributed by atoms with Gasteiger partial charge in [0.15, 0.2) is 0 Å². The molecule has 2 heterocycles. The molecule has 0 fully saturated rings. The normalized spacial score (nSPS) is 10.8. The summed E-state index contributed by atoms with van der Waals surface area (Å²) in [4.78, 5) is 7.58. The van der Waals surface area contributed by atoms with Gasteiger partial charge in [-0.2, -0.15) is 0 Å². The van der Waals surface area contributed by atoms with Crippen LogP contribution in [0.4, 0.5) is 0 Å². The Kier molecular flexibility index (Phi) is 2.52. The van der Waals surface area contributed by atoms with E-state index in [4.69, 9.17) is 4.74 Å². The van der Waals surface area contributed by atoms with Crippen LogP contribution < -0.4 is 4.74 Å². The van der Waals surface area contributed by atoms with Gasteiger partial charge in [-0.25, -0.2) is 0 Å². The number of ether oxygens (including phenoxy) is 1. The van der Waals surface area contributed by atoms with Crippen molar-refractivity contribution in [2.75, 3.05) is 7.11 Å². The molecule has 1 aromatic carbocycles. The highest BCUT2D eigenvalue weighted by molar-refractivity contribution is 5.96. The topological polar surface area (TPSA) is 37.9 Å². The number of pyridine rings is 1. The Morgan fingerprint density at radius 3 is 2.61 bits per heavy atom. The molecular weight excluding hydrogens is 224 g/mol. The lowest BCUT2D eigenvalue weighted by atomic mass is 10.0. The van der Waals surface area contributed by atoms with Crippen LogP contribution >= 0.6 is 0 Å². The summed E-state index contributed by atoms with van der Waals surface area (Å²) in [5.41, 5.74) is 4.66. The molecule has 3 nitrogen and oxygen atoms in total. The van der Waals surface area contributed by atoms with Crippen LogP contribution in [-0.4, -0.2) is 17.1 Å². The summed E-state index contributed by atoms with van der Waals surface area (Å²) in [7, 11) is 1.68. The Balaban J connectivity index is 2.20. The number of aromatic nitrogens is 2. The molecule has 0 saturated heterocycles. The molecule has 90 valence electrons. The Labute approximate surface area is 105 Å². The van der Waals surface area contributed by atoms with E-state index in [1.54, 1.807) is 13.3 Å². The summed E-state index contributed by atoms with van der Waals surface area (Å²) in [6, 6.07) is 10.1. The molecule has 3 aromatic rings. The number of aryl methyl sites for hydroxylation is 1. The third kappa shape index (κ3) is 1.64. The molecule has 0 bridgehead atoms. The van der Waals surface area contributed by atoms with Gasteiger partial charge in [0.05, 0.1) is 7.11 Å². The van der Waals surface area contributed by atoms with Crippen LogP contribution in [0.2, 0.25) is 0 Å². The first-order valence-corrected chi connectivity index (χ1v) is 5.86. The molecule has 0 aliphatic carbocycles. The fourth-order valence-electron chi connectivity index (χ4n) is 2.30. The maximum atomic E-state index is 5.18. The molecule has 1 N–H and O–H groups in total. The van der Waals surface area contributed by atoms with E-state index in [1.807, 2.05) is 24.4 Å². The maximum absolute atomic E-state index is 5.18. The van der Waals surface area contributed by atoms with Crippen LogP contribution in [-0.2, 0) is 0 Å². The average molecular weight is 238 g/mol. The summed E-state index contributed by atoms with van der Waals surface area (Å²) in [6.07, 6.45) is 3.70. The molecular formula is C15H14N2O. The number of benzene rings is 1. The first kappa shape index (κ1) is 10.8. The quantitative estimate of drug-likeness (QED) is 0.741. The third-order valence-electron chi connectivity index (χ3n) is 3.17. The summed E-state index contributed by atoms with van der Waals surface area (Å²) < 4.78 is 5.18. The molecule has 3 rings (SSSR count). The highest BCUT2D eigenvalue weighted by Gasteiger charge is 2.10. The molecule has 0 aliphatic rings. The predicted molar refractivity (Wildman–Crippen MR) is 72.8 cm³/mol.